The van der Waals surface area contributed by atoms with Crippen molar-refractivity contribution in [3.63, 3.8) is 0 Å². The molecule has 6 heteroatoms. The van der Waals surface area contributed by atoms with Crippen LogP contribution >= 0.6 is 0 Å². The zero-order chi connectivity index (χ0) is 8.43. The van der Waals surface area contributed by atoms with Gasteiger partial charge in [-0.2, -0.15) is 0 Å². The number of benzene rings is 1. The number of hydrogen-bond acceptors (Lipinski definition) is 3. The molecule has 5 nitrogen and oxygen atoms in total. The molecule has 13 heavy (non-hydrogen) atoms. The fourth-order valence-electron chi connectivity index (χ4n) is 0.695. The molecule has 0 amide bonds. The Labute approximate surface area is 96.2 Å². The number of aromatic hydroxyl groups is 2. The fraction of sp³-hybridized carbons (Fsp3) is 0. The second kappa shape index (κ2) is 5.82. The van der Waals surface area contributed by atoms with Crippen molar-refractivity contribution in [2.75, 3.05) is 0 Å². The van der Waals surface area contributed by atoms with Crippen molar-refractivity contribution in [2.24, 2.45) is 0 Å². The van der Waals surface area contributed by atoms with E-state index in [-0.39, 0.29) is 52.1 Å². The first kappa shape index (κ1) is 14.8. The Balaban J connectivity index is 0. The smallest absolute Gasteiger partial charge is 0.339 e. The van der Waals surface area contributed by atoms with E-state index in [1.165, 1.54) is 6.07 Å². The SMILES string of the molecule is O.O=C(O)c1cc(O)ccc1O.[Na]. The number of phenols is 2. The van der Waals surface area contributed by atoms with E-state index in [9.17, 15) is 4.79 Å². The van der Waals surface area contributed by atoms with E-state index in [0.717, 1.165) is 12.1 Å². The maximum Gasteiger partial charge on any atom is 0.339 e. The zero-order valence-corrected chi connectivity index (χ0v) is 8.98. The molecule has 67 valence electrons. The van der Waals surface area contributed by atoms with Crippen LogP contribution in [0.15, 0.2) is 18.2 Å². The van der Waals surface area contributed by atoms with Crippen LogP contribution in [0.1, 0.15) is 10.4 Å². The van der Waals surface area contributed by atoms with Gasteiger partial charge in [0, 0.05) is 29.6 Å². The van der Waals surface area contributed by atoms with Gasteiger partial charge in [-0.25, -0.2) is 4.79 Å². The van der Waals surface area contributed by atoms with Crippen molar-refractivity contribution < 1.29 is 25.6 Å². The van der Waals surface area contributed by atoms with Crippen LogP contribution in [0.2, 0.25) is 0 Å². The molecular formula is C7H8NaO5. The third kappa shape index (κ3) is 3.65. The van der Waals surface area contributed by atoms with E-state index in [1.54, 1.807) is 0 Å². The summed E-state index contributed by atoms with van der Waals surface area (Å²) < 4.78 is 0. The predicted octanol–water partition coefficient (Wildman–Crippen LogP) is -0.410. The minimum atomic E-state index is -1.27. The Morgan fingerprint density at radius 3 is 2.15 bits per heavy atom. The average Bonchev–Trinajstić information content (AvgIpc) is 1.94. The summed E-state index contributed by atoms with van der Waals surface area (Å²) >= 11 is 0. The van der Waals surface area contributed by atoms with E-state index in [2.05, 4.69) is 0 Å². The summed E-state index contributed by atoms with van der Waals surface area (Å²) in [7, 11) is 0. The quantitative estimate of drug-likeness (QED) is 0.418. The maximum absolute atomic E-state index is 10.3. The number of carbonyl (C=O) groups is 1. The topological polar surface area (TPSA) is 109 Å². The summed E-state index contributed by atoms with van der Waals surface area (Å²) in [5, 5.41) is 26.1. The van der Waals surface area contributed by atoms with Gasteiger partial charge in [0.15, 0.2) is 0 Å². The molecule has 5 N–H and O–H groups in total. The molecule has 0 unspecified atom stereocenters. The fourth-order valence-corrected chi connectivity index (χ4v) is 0.695. The number of phenolic OH excluding ortho intramolecular Hbond substituents is 1. The van der Waals surface area contributed by atoms with Crippen molar-refractivity contribution in [2.45, 2.75) is 0 Å². The Morgan fingerprint density at radius 1 is 1.23 bits per heavy atom. The zero-order valence-electron chi connectivity index (χ0n) is 6.98. The van der Waals surface area contributed by atoms with Crippen molar-refractivity contribution in [3.8, 4) is 11.5 Å². The maximum atomic E-state index is 10.3. The number of rotatable bonds is 1. The number of hydrogen-bond donors (Lipinski definition) is 3. The minimum absolute atomic E-state index is 0. The summed E-state index contributed by atoms with van der Waals surface area (Å²) in [5.74, 6) is -1.80. The molecule has 0 aliphatic carbocycles. The van der Waals surface area contributed by atoms with Crippen LogP contribution in [0.25, 0.3) is 0 Å². The summed E-state index contributed by atoms with van der Waals surface area (Å²) in [4.78, 5) is 10.3. The molecule has 0 saturated carbocycles. The summed E-state index contributed by atoms with van der Waals surface area (Å²) in [6.45, 7) is 0. The molecule has 0 atom stereocenters. The molecule has 0 bridgehead atoms. The van der Waals surface area contributed by atoms with Gasteiger partial charge in [-0.1, -0.05) is 0 Å². The minimum Gasteiger partial charge on any atom is -0.508 e. The molecule has 0 aliphatic heterocycles. The molecule has 1 aromatic rings. The monoisotopic (exact) mass is 195 g/mol. The van der Waals surface area contributed by atoms with Crippen molar-refractivity contribution in [1.82, 2.24) is 0 Å². The number of carboxylic acid groups (broad SMARTS) is 1. The molecule has 0 fully saturated rings. The van der Waals surface area contributed by atoms with Crippen LogP contribution in [0, 0.1) is 0 Å². The largest absolute Gasteiger partial charge is 0.508 e. The van der Waals surface area contributed by atoms with Gasteiger partial charge in [-0.05, 0) is 18.2 Å². The van der Waals surface area contributed by atoms with Crippen molar-refractivity contribution in [3.05, 3.63) is 23.8 Å². The van der Waals surface area contributed by atoms with E-state index >= 15 is 0 Å². The van der Waals surface area contributed by atoms with Gasteiger partial charge in [0.25, 0.3) is 0 Å². The van der Waals surface area contributed by atoms with E-state index in [1.807, 2.05) is 0 Å². The summed E-state index contributed by atoms with van der Waals surface area (Å²) in [5.41, 5.74) is -0.301. The third-order valence-electron chi connectivity index (χ3n) is 1.21. The van der Waals surface area contributed by atoms with E-state index < -0.39 is 5.97 Å². The van der Waals surface area contributed by atoms with Gasteiger partial charge in [0.1, 0.15) is 17.1 Å². The first-order valence-corrected chi connectivity index (χ1v) is 2.86. The molecule has 0 spiro atoms. The standard InChI is InChI=1S/C7H6O4.Na.H2O/c8-4-1-2-6(9)5(3-4)7(10)11;;/h1-3,8-9H,(H,10,11);;1H2. The van der Waals surface area contributed by atoms with E-state index in [0.29, 0.717) is 0 Å². The average molecular weight is 195 g/mol. The van der Waals surface area contributed by atoms with Gasteiger partial charge in [-0.15, -0.1) is 0 Å². The van der Waals surface area contributed by atoms with Gasteiger partial charge in [-0.3, -0.25) is 0 Å². The first-order chi connectivity index (χ1) is 5.11. The van der Waals surface area contributed by atoms with Gasteiger partial charge >= 0.3 is 5.97 Å². The van der Waals surface area contributed by atoms with Gasteiger partial charge in [0.05, 0.1) is 0 Å². The van der Waals surface area contributed by atoms with Crippen LogP contribution in [-0.2, 0) is 0 Å². The normalized spacial score (nSPS) is 8.00. The molecule has 0 heterocycles. The predicted molar refractivity (Wildman–Crippen MR) is 46.1 cm³/mol. The Bertz CT molecular complexity index is 299. The van der Waals surface area contributed by atoms with Crippen LogP contribution in [0.4, 0.5) is 0 Å². The second-order valence-corrected chi connectivity index (χ2v) is 2.01. The van der Waals surface area contributed by atoms with E-state index in [4.69, 9.17) is 15.3 Å². The molecule has 0 aliphatic rings. The molecule has 0 saturated heterocycles. The van der Waals surface area contributed by atoms with Crippen LogP contribution in [-0.4, -0.2) is 56.3 Å². The number of aromatic carboxylic acids is 1. The molecule has 1 rings (SSSR count). The van der Waals surface area contributed by atoms with Crippen molar-refractivity contribution in [1.29, 1.82) is 0 Å². The van der Waals surface area contributed by atoms with Crippen molar-refractivity contribution >= 4 is 35.5 Å². The molecule has 1 radical (unpaired) electrons. The van der Waals surface area contributed by atoms with Gasteiger partial charge < -0.3 is 20.8 Å². The van der Waals surface area contributed by atoms with Crippen LogP contribution < -0.4 is 0 Å². The molecule has 0 aromatic heterocycles. The molecule has 1 aromatic carbocycles. The number of carboxylic acids is 1. The summed E-state index contributed by atoms with van der Waals surface area (Å²) in [6.07, 6.45) is 0. The Hall–Kier alpha value is -0.750. The Kier molecular flexibility index (Phi) is 6.61. The van der Waals surface area contributed by atoms with Crippen LogP contribution in [0.3, 0.4) is 0 Å². The third-order valence-corrected chi connectivity index (χ3v) is 1.21. The summed E-state index contributed by atoms with van der Waals surface area (Å²) in [6, 6.07) is 3.32. The van der Waals surface area contributed by atoms with Crippen LogP contribution in [0.5, 0.6) is 11.5 Å². The Morgan fingerprint density at radius 2 is 1.77 bits per heavy atom. The molecular weight excluding hydrogens is 187 g/mol. The first-order valence-electron chi connectivity index (χ1n) is 2.86. The van der Waals surface area contributed by atoms with Gasteiger partial charge in [0.2, 0.25) is 0 Å². The second-order valence-electron chi connectivity index (χ2n) is 2.01.